The van der Waals surface area contributed by atoms with E-state index in [-0.39, 0.29) is 0 Å². The molecule has 2 N–H and O–H groups in total. The number of piperidine rings is 1. The average Bonchev–Trinajstić information content (AvgIpc) is 3.55. The molecule has 0 saturated carbocycles. The molecular weight excluding hydrogens is 618 g/mol. The van der Waals surface area contributed by atoms with Crippen molar-refractivity contribution in [2.24, 2.45) is 7.05 Å². The lowest BCUT2D eigenvalue weighted by atomic mass is 9.90. The number of aromatic nitrogens is 3. The second kappa shape index (κ2) is 12.0. The van der Waals surface area contributed by atoms with E-state index in [1.165, 1.54) is 11.1 Å². The Balaban J connectivity index is 1.33. The zero-order valence-corrected chi connectivity index (χ0v) is 28.5. The van der Waals surface area contributed by atoms with Gasteiger partial charge in [0.05, 0.1) is 27.0 Å². The molecule has 240 valence electrons. The molecular formula is C36H40ClN5O3S. The highest BCUT2D eigenvalue weighted by Gasteiger charge is 2.33. The summed E-state index contributed by atoms with van der Waals surface area (Å²) < 4.78 is 9.11. The van der Waals surface area contributed by atoms with Gasteiger partial charge >= 0.3 is 5.97 Å². The van der Waals surface area contributed by atoms with Gasteiger partial charge < -0.3 is 15.2 Å². The fourth-order valence-corrected chi connectivity index (χ4v) is 8.21. The lowest BCUT2D eigenvalue weighted by Crippen LogP contribution is -2.58. The highest BCUT2D eigenvalue weighted by Crippen LogP contribution is 2.45. The Bertz CT molecular complexity index is 1930. The lowest BCUT2D eigenvalue weighted by Gasteiger charge is -2.42. The third-order valence-corrected chi connectivity index (χ3v) is 10.7. The monoisotopic (exact) mass is 657 g/mol. The lowest BCUT2D eigenvalue weighted by molar-refractivity contribution is -0.160. The molecule has 0 spiro atoms. The molecule has 2 saturated heterocycles. The number of ether oxygens (including phenoxy) is 1. The number of hydrogen-bond donors (Lipinski definition) is 2. The number of benzene rings is 3. The number of aliphatic carboxylic acids is 1. The zero-order valence-electron chi connectivity index (χ0n) is 26.9. The van der Waals surface area contributed by atoms with Gasteiger partial charge in [-0.2, -0.15) is 5.10 Å². The number of thiazole rings is 1. The van der Waals surface area contributed by atoms with E-state index in [2.05, 4.69) is 28.4 Å². The predicted molar refractivity (Wildman–Crippen MR) is 186 cm³/mol. The van der Waals surface area contributed by atoms with Gasteiger partial charge in [0.1, 0.15) is 5.01 Å². The molecule has 1 atom stereocenters. The first-order valence-electron chi connectivity index (χ1n) is 16.0. The predicted octanol–water partition coefficient (Wildman–Crippen LogP) is 7.57. The van der Waals surface area contributed by atoms with Gasteiger partial charge in [-0.3, -0.25) is 9.58 Å². The van der Waals surface area contributed by atoms with Crippen molar-refractivity contribution >= 4 is 50.0 Å². The van der Waals surface area contributed by atoms with Crippen LogP contribution in [-0.2, 0) is 16.6 Å². The van der Waals surface area contributed by atoms with Crippen molar-refractivity contribution in [3.63, 3.8) is 0 Å². The van der Waals surface area contributed by atoms with Crippen LogP contribution in [0.5, 0.6) is 0 Å². The van der Waals surface area contributed by atoms with E-state index in [0.29, 0.717) is 22.5 Å². The van der Waals surface area contributed by atoms with Crippen molar-refractivity contribution in [1.29, 1.82) is 0 Å². The van der Waals surface area contributed by atoms with E-state index in [4.69, 9.17) is 26.4 Å². The number of carboxylic acid groups (broad SMARTS) is 1. The number of halogens is 1. The van der Waals surface area contributed by atoms with Crippen LogP contribution in [0.2, 0.25) is 5.02 Å². The standard InChI is InChI=1S/C36H40ClN5O3S/c1-20-16-27-33(30(21-6-9-24(37)10-7-21)29(20)32(35(43)44)45-36(2,3)4)46-34(39-27)23-8-11-28-26(17-23)31(40-41(28)5)22-12-14-42(15-13-22)25-18-38-19-25/h6-11,16-17,22,25,32,38H,12-15,18-19H2,1-5H3,(H,43,44)/t32-/m0/s1. The van der Waals surface area contributed by atoms with E-state index >= 15 is 0 Å². The molecule has 2 aliphatic rings. The fourth-order valence-electron chi connectivity index (χ4n) is 6.96. The highest BCUT2D eigenvalue weighted by atomic mass is 35.5. The number of nitrogens with zero attached hydrogens (tertiary/aromatic N) is 4. The number of aryl methyl sites for hydroxylation is 2. The van der Waals surface area contributed by atoms with Crippen LogP contribution < -0.4 is 5.32 Å². The van der Waals surface area contributed by atoms with Gasteiger partial charge in [-0.1, -0.05) is 23.7 Å². The van der Waals surface area contributed by atoms with Crippen LogP contribution in [0, 0.1) is 6.92 Å². The molecule has 2 aromatic heterocycles. The SMILES string of the molecule is Cc1cc2nc(-c3ccc4c(c3)c(C3CCN(C5CNC5)CC3)nn4C)sc2c(-c2ccc(Cl)cc2)c1[C@H](OC(C)(C)C)C(=O)O. The molecule has 7 rings (SSSR count). The minimum atomic E-state index is -1.15. The Kier molecular flexibility index (Phi) is 8.18. The first-order chi connectivity index (χ1) is 22.0. The first-order valence-corrected chi connectivity index (χ1v) is 17.2. The third kappa shape index (κ3) is 5.84. The number of rotatable bonds is 7. The number of carbonyl (C=O) groups is 1. The summed E-state index contributed by atoms with van der Waals surface area (Å²) in [5, 5.41) is 21.5. The minimum Gasteiger partial charge on any atom is -0.479 e. The number of carboxylic acids is 1. The van der Waals surface area contributed by atoms with E-state index < -0.39 is 17.7 Å². The van der Waals surface area contributed by atoms with Crippen LogP contribution in [0.15, 0.2) is 48.5 Å². The van der Waals surface area contributed by atoms with Crippen molar-refractivity contribution < 1.29 is 14.6 Å². The van der Waals surface area contributed by atoms with Gasteiger partial charge in [-0.25, -0.2) is 9.78 Å². The Morgan fingerprint density at radius 1 is 1.09 bits per heavy atom. The van der Waals surface area contributed by atoms with E-state index in [0.717, 1.165) is 82.0 Å². The van der Waals surface area contributed by atoms with Crippen molar-refractivity contribution in [2.45, 2.75) is 64.2 Å². The summed E-state index contributed by atoms with van der Waals surface area (Å²) in [7, 11) is 2.03. The summed E-state index contributed by atoms with van der Waals surface area (Å²) >= 11 is 7.86. The van der Waals surface area contributed by atoms with Crippen molar-refractivity contribution in [1.82, 2.24) is 25.0 Å². The van der Waals surface area contributed by atoms with E-state index in [9.17, 15) is 9.90 Å². The molecule has 0 unspecified atom stereocenters. The smallest absolute Gasteiger partial charge is 0.337 e. The van der Waals surface area contributed by atoms with Crippen LogP contribution in [-0.4, -0.2) is 68.6 Å². The van der Waals surface area contributed by atoms with Crippen LogP contribution >= 0.6 is 22.9 Å². The van der Waals surface area contributed by atoms with Crippen molar-refractivity contribution in [3.8, 4) is 21.7 Å². The Labute approximate surface area is 278 Å². The topological polar surface area (TPSA) is 92.5 Å². The van der Waals surface area contributed by atoms with E-state index in [1.807, 2.05) is 69.8 Å². The molecule has 10 heteroatoms. The molecule has 0 bridgehead atoms. The number of fused-ring (bicyclic) bond motifs is 2. The summed E-state index contributed by atoms with van der Waals surface area (Å²) in [6.07, 6.45) is 1.07. The van der Waals surface area contributed by atoms with Gasteiger partial charge in [0.2, 0.25) is 0 Å². The molecule has 46 heavy (non-hydrogen) atoms. The summed E-state index contributed by atoms with van der Waals surface area (Å²) in [6.45, 7) is 12.0. The molecule has 5 aromatic rings. The van der Waals surface area contributed by atoms with Crippen molar-refractivity contribution in [2.75, 3.05) is 26.2 Å². The van der Waals surface area contributed by atoms with E-state index in [1.54, 1.807) is 11.3 Å². The second-order valence-corrected chi connectivity index (χ2v) is 15.1. The van der Waals surface area contributed by atoms with Crippen LogP contribution in [0.25, 0.3) is 42.8 Å². The van der Waals surface area contributed by atoms with Gasteiger partial charge in [0.25, 0.3) is 0 Å². The van der Waals surface area contributed by atoms with Gasteiger partial charge in [-0.05, 0) is 101 Å². The quantitative estimate of drug-likeness (QED) is 0.187. The maximum Gasteiger partial charge on any atom is 0.337 e. The molecule has 3 aromatic carbocycles. The largest absolute Gasteiger partial charge is 0.479 e. The number of likely N-dealkylation sites (tertiary alicyclic amines) is 1. The summed E-state index contributed by atoms with van der Waals surface area (Å²) in [5.74, 6) is -0.599. The highest BCUT2D eigenvalue weighted by molar-refractivity contribution is 7.22. The summed E-state index contributed by atoms with van der Waals surface area (Å²) in [6, 6.07) is 16.7. The molecule has 2 fully saturated rings. The normalized spacial score (nSPS) is 17.5. The molecule has 2 aliphatic heterocycles. The summed E-state index contributed by atoms with van der Waals surface area (Å²) in [5.41, 5.74) is 6.65. The van der Waals surface area contributed by atoms with Crippen LogP contribution in [0.3, 0.4) is 0 Å². The summed E-state index contributed by atoms with van der Waals surface area (Å²) in [4.78, 5) is 20.5. The maximum absolute atomic E-state index is 12.7. The number of nitrogens with one attached hydrogen (secondary N) is 1. The Hall–Kier alpha value is -3.34. The minimum absolute atomic E-state index is 0.427. The van der Waals surface area contributed by atoms with Crippen LogP contribution in [0.4, 0.5) is 0 Å². The molecule has 4 heterocycles. The number of hydrogen-bond acceptors (Lipinski definition) is 7. The van der Waals surface area contributed by atoms with Gasteiger partial charge in [0.15, 0.2) is 6.10 Å². The Morgan fingerprint density at radius 3 is 2.41 bits per heavy atom. The van der Waals surface area contributed by atoms with Gasteiger partial charge in [-0.15, -0.1) is 11.3 Å². The Morgan fingerprint density at radius 2 is 1.78 bits per heavy atom. The maximum atomic E-state index is 12.7. The van der Waals surface area contributed by atoms with Gasteiger partial charge in [0, 0.05) is 59.2 Å². The molecule has 8 nitrogen and oxygen atoms in total. The second-order valence-electron chi connectivity index (χ2n) is 13.7. The van der Waals surface area contributed by atoms with Crippen LogP contribution in [0.1, 0.15) is 62.5 Å². The first kappa shape index (κ1) is 31.3. The molecule has 0 amide bonds. The molecule has 0 aliphatic carbocycles. The zero-order chi connectivity index (χ0) is 32.3. The molecule has 0 radical (unpaired) electrons. The van der Waals surface area contributed by atoms with Crippen molar-refractivity contribution in [3.05, 3.63) is 70.4 Å². The average molecular weight is 658 g/mol. The fraction of sp³-hybridized carbons (Fsp3) is 0.417. The third-order valence-electron chi connectivity index (χ3n) is 9.34.